The van der Waals surface area contributed by atoms with Gasteiger partial charge in [-0.3, -0.25) is 24.6 Å². The van der Waals surface area contributed by atoms with Crippen molar-refractivity contribution in [2.75, 3.05) is 25.0 Å². The molecular weight excluding hydrogens is 516 g/mol. The second-order valence-corrected chi connectivity index (χ2v) is 11.1. The molecule has 0 saturated carbocycles. The van der Waals surface area contributed by atoms with Gasteiger partial charge in [-0.1, -0.05) is 24.3 Å². The molecule has 1 atom stereocenters. The molecule has 1 unspecified atom stereocenters. The number of piperidine rings is 2. The lowest BCUT2D eigenvalue weighted by molar-refractivity contribution is -0.136. The van der Waals surface area contributed by atoms with Gasteiger partial charge in [-0.2, -0.15) is 0 Å². The van der Waals surface area contributed by atoms with Gasteiger partial charge in [0.05, 0.1) is 18.7 Å². The number of amides is 3. The van der Waals surface area contributed by atoms with Crippen LogP contribution in [0.3, 0.4) is 0 Å². The maximum atomic E-state index is 12.7. The Labute approximate surface area is 231 Å². The number of aromatic nitrogens is 3. The summed E-state index contributed by atoms with van der Waals surface area (Å²) in [6.45, 7) is 5.98. The van der Waals surface area contributed by atoms with E-state index in [-0.39, 0.29) is 30.6 Å². The molecule has 0 radical (unpaired) electrons. The van der Waals surface area contributed by atoms with Gasteiger partial charge < -0.3 is 10.1 Å². The first-order chi connectivity index (χ1) is 19.0. The van der Waals surface area contributed by atoms with Crippen molar-refractivity contribution < 1.29 is 19.1 Å². The van der Waals surface area contributed by atoms with Crippen LogP contribution >= 0.6 is 11.3 Å². The Balaban J connectivity index is 1.09. The summed E-state index contributed by atoms with van der Waals surface area (Å²) in [5.41, 5.74) is 3.47. The van der Waals surface area contributed by atoms with Gasteiger partial charge in [-0.05, 0) is 49.4 Å². The summed E-state index contributed by atoms with van der Waals surface area (Å²) in [6, 6.07) is 9.43. The highest BCUT2D eigenvalue weighted by atomic mass is 32.1. The molecule has 3 amide bonds. The zero-order valence-electron chi connectivity index (χ0n) is 22.1. The quantitative estimate of drug-likeness (QED) is 0.371. The summed E-state index contributed by atoms with van der Waals surface area (Å²) < 4.78 is 7.38. The van der Waals surface area contributed by atoms with Crippen LogP contribution in [-0.4, -0.2) is 63.4 Å². The van der Waals surface area contributed by atoms with Crippen molar-refractivity contribution in [1.82, 2.24) is 25.2 Å². The molecule has 2 aliphatic rings. The maximum Gasteiger partial charge on any atom is 0.251 e. The Morgan fingerprint density at radius 3 is 2.72 bits per heavy atom. The summed E-state index contributed by atoms with van der Waals surface area (Å²) in [5.74, 6) is -0.717. The molecule has 1 aromatic carbocycles. The van der Waals surface area contributed by atoms with E-state index in [9.17, 15) is 14.4 Å². The Hall–Kier alpha value is -3.41. The van der Waals surface area contributed by atoms with Crippen molar-refractivity contribution in [3.63, 3.8) is 0 Å². The lowest BCUT2D eigenvalue weighted by atomic mass is 10.1. The van der Waals surface area contributed by atoms with Gasteiger partial charge in [-0.25, -0.2) is 4.68 Å². The lowest BCUT2D eigenvalue weighted by Crippen LogP contribution is -2.41. The van der Waals surface area contributed by atoms with E-state index >= 15 is 0 Å². The minimum absolute atomic E-state index is 0.0856. The molecule has 0 spiro atoms. The highest BCUT2D eigenvalue weighted by molar-refractivity contribution is 7.10. The van der Waals surface area contributed by atoms with Crippen LogP contribution < -0.4 is 10.6 Å². The Bertz CT molecular complexity index is 1300. The second-order valence-electron chi connectivity index (χ2n) is 10.1. The Kier molecular flexibility index (Phi) is 8.80. The third-order valence-electron chi connectivity index (χ3n) is 7.06. The molecule has 10 nitrogen and oxygen atoms in total. The van der Waals surface area contributed by atoms with Crippen LogP contribution in [0.25, 0.3) is 11.3 Å². The van der Waals surface area contributed by atoms with E-state index < -0.39 is 6.04 Å². The highest BCUT2D eigenvalue weighted by Gasteiger charge is 2.29. The number of hydrogen-bond donors (Lipinski definition) is 2. The van der Waals surface area contributed by atoms with Crippen molar-refractivity contribution in [3.8, 4) is 11.3 Å². The predicted octanol–water partition coefficient (Wildman–Crippen LogP) is 3.56. The van der Waals surface area contributed by atoms with Crippen molar-refractivity contribution in [1.29, 1.82) is 0 Å². The van der Waals surface area contributed by atoms with E-state index in [1.807, 2.05) is 23.6 Å². The Morgan fingerprint density at radius 2 is 1.97 bits per heavy atom. The number of thiophene rings is 1. The van der Waals surface area contributed by atoms with Gasteiger partial charge in [0.1, 0.15) is 11.7 Å². The summed E-state index contributed by atoms with van der Waals surface area (Å²) >= 11 is 1.48. The van der Waals surface area contributed by atoms with E-state index in [2.05, 4.69) is 44.9 Å². The number of ether oxygens (including phenoxy) is 1. The number of carbonyl (C=O) groups excluding carboxylic acids is 3. The lowest BCUT2D eigenvalue weighted by Gasteiger charge is -2.31. The third kappa shape index (κ3) is 7.17. The summed E-state index contributed by atoms with van der Waals surface area (Å²) in [4.78, 5) is 39.5. The first-order valence-electron chi connectivity index (χ1n) is 13.5. The second kappa shape index (κ2) is 12.6. The SMILES string of the molecule is CCCOC1CCN(Cc2ccc(NC(=O)Cc3cc(-c4cn(C5CCC(=O)NC5=O)nn4)cs3)cc2)CC1. The predicted molar refractivity (Wildman–Crippen MR) is 148 cm³/mol. The van der Waals surface area contributed by atoms with Crippen LogP contribution in [-0.2, 0) is 32.1 Å². The molecule has 0 aliphatic carbocycles. The maximum absolute atomic E-state index is 12.7. The van der Waals surface area contributed by atoms with Crippen molar-refractivity contribution in [2.45, 2.75) is 64.1 Å². The average Bonchev–Trinajstić information content (AvgIpc) is 3.59. The standard InChI is InChI=1S/C28H34N6O4S/c1-2-13-38-22-9-11-33(12-10-22)16-19-3-5-21(6-4-19)29-27(36)15-23-14-20(18-39-23)24-17-34(32-31-24)25-7-8-26(35)30-28(25)37/h3-6,14,17-18,22,25H,2,7-13,15-16H2,1H3,(H,29,36)(H,30,35,37). The number of likely N-dealkylation sites (tertiary alicyclic amines) is 1. The molecule has 11 heteroatoms. The number of nitrogens with one attached hydrogen (secondary N) is 2. The van der Waals surface area contributed by atoms with E-state index in [4.69, 9.17) is 4.74 Å². The first-order valence-corrected chi connectivity index (χ1v) is 14.4. The normalized spacial score (nSPS) is 18.7. The third-order valence-corrected chi connectivity index (χ3v) is 8.00. The molecule has 206 valence electrons. The van der Waals surface area contributed by atoms with Crippen LogP contribution in [0.15, 0.2) is 41.9 Å². The fourth-order valence-electron chi connectivity index (χ4n) is 4.94. The molecule has 5 rings (SSSR count). The van der Waals surface area contributed by atoms with Gasteiger partial charge >= 0.3 is 0 Å². The smallest absolute Gasteiger partial charge is 0.251 e. The van der Waals surface area contributed by atoms with E-state index in [0.717, 1.165) is 61.6 Å². The fourth-order valence-corrected chi connectivity index (χ4v) is 5.81. The monoisotopic (exact) mass is 550 g/mol. The van der Waals surface area contributed by atoms with Crippen molar-refractivity contribution in [2.24, 2.45) is 0 Å². The zero-order valence-corrected chi connectivity index (χ0v) is 22.9. The van der Waals surface area contributed by atoms with Gasteiger partial charge in [0.25, 0.3) is 5.91 Å². The molecule has 4 heterocycles. The minimum Gasteiger partial charge on any atom is -0.378 e. The number of rotatable bonds is 10. The van der Waals surface area contributed by atoms with E-state index in [1.54, 1.807) is 6.20 Å². The van der Waals surface area contributed by atoms with Crippen LogP contribution in [0.5, 0.6) is 0 Å². The largest absolute Gasteiger partial charge is 0.378 e. The summed E-state index contributed by atoms with van der Waals surface area (Å²) in [7, 11) is 0. The number of imide groups is 1. The number of anilines is 1. The Morgan fingerprint density at radius 1 is 1.18 bits per heavy atom. The molecule has 3 aromatic rings. The molecule has 2 aromatic heterocycles. The van der Waals surface area contributed by atoms with Crippen molar-refractivity contribution >= 4 is 34.7 Å². The molecular formula is C28H34N6O4S. The van der Waals surface area contributed by atoms with Crippen LogP contribution in [0.4, 0.5) is 5.69 Å². The van der Waals surface area contributed by atoms with Crippen LogP contribution in [0.1, 0.15) is 55.5 Å². The van der Waals surface area contributed by atoms with Gasteiger partial charge in [-0.15, -0.1) is 16.4 Å². The molecule has 2 N–H and O–H groups in total. The average molecular weight is 551 g/mol. The molecule has 2 aliphatic heterocycles. The number of nitrogens with zero attached hydrogens (tertiary/aromatic N) is 4. The van der Waals surface area contributed by atoms with Gasteiger partial charge in [0, 0.05) is 54.2 Å². The first kappa shape index (κ1) is 27.2. The van der Waals surface area contributed by atoms with E-state index in [1.165, 1.54) is 21.6 Å². The number of carbonyl (C=O) groups is 3. The molecule has 39 heavy (non-hydrogen) atoms. The molecule has 2 saturated heterocycles. The van der Waals surface area contributed by atoms with Gasteiger partial charge in [0.15, 0.2) is 0 Å². The topological polar surface area (TPSA) is 118 Å². The fraction of sp³-hybridized carbons (Fsp3) is 0.464. The van der Waals surface area contributed by atoms with Crippen LogP contribution in [0, 0.1) is 0 Å². The molecule has 2 fully saturated rings. The summed E-state index contributed by atoms with van der Waals surface area (Å²) in [5, 5.41) is 15.5. The minimum atomic E-state index is -0.545. The molecule has 0 bridgehead atoms. The van der Waals surface area contributed by atoms with Crippen LogP contribution in [0.2, 0.25) is 0 Å². The number of benzene rings is 1. The zero-order chi connectivity index (χ0) is 27.2. The van der Waals surface area contributed by atoms with E-state index in [0.29, 0.717) is 18.2 Å². The van der Waals surface area contributed by atoms with Crippen molar-refractivity contribution in [3.05, 3.63) is 52.3 Å². The van der Waals surface area contributed by atoms with Gasteiger partial charge in [0.2, 0.25) is 11.8 Å². The number of hydrogen-bond acceptors (Lipinski definition) is 8. The highest BCUT2D eigenvalue weighted by Crippen LogP contribution is 2.26. The summed E-state index contributed by atoms with van der Waals surface area (Å²) in [6.07, 6.45) is 6.25.